The highest BCUT2D eigenvalue weighted by molar-refractivity contribution is 7.71. The Hall–Kier alpha value is -3.31. The highest BCUT2D eigenvalue weighted by Crippen LogP contribution is 2.42. The molecule has 0 bridgehead atoms. The number of carbonyl (C=O) groups is 1. The molecule has 0 saturated carbocycles. The van der Waals surface area contributed by atoms with Gasteiger partial charge in [0.25, 0.3) is 11.2 Å². The number of nitrogens with zero attached hydrogens (tertiary/aromatic N) is 1. The summed E-state index contributed by atoms with van der Waals surface area (Å²) in [5.74, 6) is -1.41. The van der Waals surface area contributed by atoms with Gasteiger partial charge in [0.2, 0.25) is 0 Å². The van der Waals surface area contributed by atoms with Crippen LogP contribution in [0.4, 0.5) is 11.5 Å². The monoisotopic (exact) mass is 444 g/mol. The SMILES string of the molecule is CC1=C(C(=O)OCC2CCCO2)C(c2ccccc2[N+](=O)[O-])c2c([nH]c(=S)[nH]c2=O)N1. The average molecular weight is 444 g/mol. The number of nitrogens with one attached hydrogen (secondary N) is 3. The normalized spacial score (nSPS) is 20.2. The van der Waals surface area contributed by atoms with Gasteiger partial charge < -0.3 is 19.8 Å². The van der Waals surface area contributed by atoms with Crippen molar-refractivity contribution in [3.05, 3.63) is 71.9 Å². The lowest BCUT2D eigenvalue weighted by Gasteiger charge is -2.29. The Morgan fingerprint density at radius 2 is 2.13 bits per heavy atom. The number of hydrogen-bond donors (Lipinski definition) is 3. The molecule has 1 aromatic carbocycles. The third kappa shape index (κ3) is 4.01. The second kappa shape index (κ2) is 8.44. The Bertz CT molecular complexity index is 1190. The van der Waals surface area contributed by atoms with E-state index in [9.17, 15) is 19.7 Å². The fraction of sp³-hybridized carbons (Fsp3) is 0.350. The summed E-state index contributed by atoms with van der Waals surface area (Å²) in [4.78, 5) is 42.5. The molecular formula is C20H20N4O6S. The van der Waals surface area contributed by atoms with Gasteiger partial charge in [-0.05, 0) is 32.0 Å². The van der Waals surface area contributed by atoms with Gasteiger partial charge >= 0.3 is 5.97 Å². The molecule has 0 amide bonds. The van der Waals surface area contributed by atoms with Crippen LogP contribution >= 0.6 is 12.2 Å². The topological polar surface area (TPSA) is 139 Å². The number of aromatic amines is 2. The van der Waals surface area contributed by atoms with Crippen LogP contribution in [0, 0.1) is 14.9 Å². The quantitative estimate of drug-likeness (QED) is 0.277. The highest BCUT2D eigenvalue weighted by Gasteiger charge is 2.39. The van der Waals surface area contributed by atoms with Gasteiger partial charge in [0.15, 0.2) is 4.77 Å². The number of benzene rings is 1. The van der Waals surface area contributed by atoms with Gasteiger partial charge in [0.05, 0.1) is 28.1 Å². The van der Waals surface area contributed by atoms with Gasteiger partial charge in [0.1, 0.15) is 12.4 Å². The van der Waals surface area contributed by atoms with Crippen LogP contribution in [0.5, 0.6) is 0 Å². The maximum Gasteiger partial charge on any atom is 0.336 e. The van der Waals surface area contributed by atoms with E-state index >= 15 is 0 Å². The number of ether oxygens (including phenoxy) is 2. The number of carbonyl (C=O) groups excluding carboxylic acids is 1. The van der Waals surface area contributed by atoms with Crippen LogP contribution in [-0.4, -0.2) is 40.2 Å². The maximum atomic E-state index is 13.1. The summed E-state index contributed by atoms with van der Waals surface area (Å²) in [5, 5.41) is 14.7. The molecule has 3 N–H and O–H groups in total. The molecule has 10 nitrogen and oxygen atoms in total. The van der Waals surface area contributed by atoms with E-state index in [2.05, 4.69) is 15.3 Å². The predicted octanol–water partition coefficient (Wildman–Crippen LogP) is 2.89. The predicted molar refractivity (Wildman–Crippen MR) is 113 cm³/mol. The van der Waals surface area contributed by atoms with Gasteiger partial charge in [-0.25, -0.2) is 4.79 Å². The minimum atomic E-state index is -1.02. The van der Waals surface area contributed by atoms with Crippen LogP contribution in [0.2, 0.25) is 0 Å². The van der Waals surface area contributed by atoms with Crippen molar-refractivity contribution in [2.45, 2.75) is 31.8 Å². The molecule has 0 spiro atoms. The van der Waals surface area contributed by atoms with E-state index in [-0.39, 0.29) is 45.7 Å². The zero-order valence-electron chi connectivity index (χ0n) is 16.6. The number of fused-ring (bicyclic) bond motifs is 1. The van der Waals surface area contributed by atoms with Gasteiger partial charge in [-0.3, -0.25) is 19.9 Å². The van der Waals surface area contributed by atoms with Crippen LogP contribution in [0.15, 0.2) is 40.3 Å². The number of nitro benzene ring substituents is 1. The molecule has 2 aliphatic heterocycles. The van der Waals surface area contributed by atoms with Crippen molar-refractivity contribution in [2.24, 2.45) is 0 Å². The number of esters is 1. The molecule has 11 heteroatoms. The van der Waals surface area contributed by atoms with Crippen molar-refractivity contribution in [3.8, 4) is 0 Å². The minimum Gasteiger partial charge on any atom is -0.459 e. The first-order valence-corrected chi connectivity index (χ1v) is 10.1. The van der Waals surface area contributed by atoms with Crippen LogP contribution in [0.3, 0.4) is 0 Å². The zero-order chi connectivity index (χ0) is 22.1. The van der Waals surface area contributed by atoms with Gasteiger partial charge in [-0.2, -0.15) is 0 Å². The first kappa shape index (κ1) is 20.9. The Labute approximate surface area is 181 Å². The largest absolute Gasteiger partial charge is 0.459 e. The summed E-state index contributed by atoms with van der Waals surface area (Å²) < 4.78 is 11.1. The molecule has 3 heterocycles. The number of allylic oxidation sites excluding steroid dienone is 1. The number of H-pyrrole nitrogens is 2. The van der Waals surface area contributed by atoms with E-state index in [4.69, 9.17) is 21.7 Å². The van der Waals surface area contributed by atoms with Crippen molar-refractivity contribution in [1.82, 2.24) is 9.97 Å². The number of aromatic nitrogens is 2. The van der Waals surface area contributed by atoms with Crippen molar-refractivity contribution in [1.29, 1.82) is 0 Å². The lowest BCUT2D eigenvalue weighted by Crippen LogP contribution is -2.32. The Kier molecular flexibility index (Phi) is 5.70. The first-order valence-electron chi connectivity index (χ1n) is 9.73. The van der Waals surface area contributed by atoms with E-state index in [0.29, 0.717) is 12.3 Å². The van der Waals surface area contributed by atoms with E-state index in [1.807, 2.05) is 0 Å². The molecule has 162 valence electrons. The molecule has 1 aromatic heterocycles. The van der Waals surface area contributed by atoms with Crippen LogP contribution < -0.4 is 10.9 Å². The lowest BCUT2D eigenvalue weighted by molar-refractivity contribution is -0.385. The molecular weight excluding hydrogens is 424 g/mol. The summed E-state index contributed by atoms with van der Waals surface area (Å²) in [5.41, 5.74) is 0.0954. The number of hydrogen-bond acceptors (Lipinski definition) is 8. The molecule has 2 unspecified atom stereocenters. The maximum absolute atomic E-state index is 13.1. The molecule has 4 rings (SSSR count). The van der Waals surface area contributed by atoms with Crippen molar-refractivity contribution in [2.75, 3.05) is 18.5 Å². The van der Waals surface area contributed by atoms with Crippen LogP contribution in [0.25, 0.3) is 0 Å². The van der Waals surface area contributed by atoms with Crippen LogP contribution in [0.1, 0.15) is 36.8 Å². The summed E-state index contributed by atoms with van der Waals surface area (Å²) >= 11 is 5.05. The van der Waals surface area contributed by atoms with E-state index in [0.717, 1.165) is 12.8 Å². The van der Waals surface area contributed by atoms with E-state index in [1.54, 1.807) is 13.0 Å². The lowest BCUT2D eigenvalue weighted by atomic mass is 9.81. The Balaban J connectivity index is 1.84. The second-order valence-electron chi connectivity index (χ2n) is 7.34. The molecule has 2 aromatic rings. The highest BCUT2D eigenvalue weighted by atomic mass is 32.1. The fourth-order valence-electron chi connectivity index (χ4n) is 3.99. The van der Waals surface area contributed by atoms with Crippen molar-refractivity contribution >= 4 is 29.7 Å². The minimum absolute atomic E-state index is 0.0691. The molecule has 1 fully saturated rings. The second-order valence-corrected chi connectivity index (χ2v) is 7.75. The van der Waals surface area contributed by atoms with Crippen molar-refractivity contribution < 1.29 is 19.2 Å². The van der Waals surface area contributed by atoms with Crippen molar-refractivity contribution in [3.63, 3.8) is 0 Å². The molecule has 2 aliphatic rings. The standard InChI is InChI=1S/C20H20N4O6S/c1-10-14(19(26)30-9-11-5-4-8-29-11)15(12-6-2-3-7-13(12)24(27)28)16-17(21-10)22-20(31)23-18(16)25/h2-3,6-7,11,15H,4-5,8-9H2,1H3,(H3,21,22,23,25,31). The van der Waals surface area contributed by atoms with Gasteiger partial charge in [-0.15, -0.1) is 0 Å². The van der Waals surface area contributed by atoms with Gasteiger partial charge in [-0.1, -0.05) is 18.2 Å². The Morgan fingerprint density at radius 1 is 1.35 bits per heavy atom. The van der Waals surface area contributed by atoms with Crippen LogP contribution in [-0.2, 0) is 14.3 Å². The molecule has 31 heavy (non-hydrogen) atoms. The number of anilines is 1. The average Bonchev–Trinajstić information content (AvgIpc) is 3.24. The number of nitro groups is 1. The van der Waals surface area contributed by atoms with Gasteiger partial charge in [0, 0.05) is 23.9 Å². The van der Waals surface area contributed by atoms with E-state index in [1.165, 1.54) is 18.2 Å². The number of rotatable bonds is 5. The molecule has 0 radical (unpaired) electrons. The third-order valence-electron chi connectivity index (χ3n) is 5.36. The Morgan fingerprint density at radius 3 is 2.84 bits per heavy atom. The fourth-order valence-corrected chi connectivity index (χ4v) is 4.18. The summed E-state index contributed by atoms with van der Waals surface area (Å²) in [7, 11) is 0. The smallest absolute Gasteiger partial charge is 0.336 e. The molecule has 2 atom stereocenters. The molecule has 0 aliphatic carbocycles. The zero-order valence-corrected chi connectivity index (χ0v) is 17.4. The summed E-state index contributed by atoms with van der Waals surface area (Å²) in [6.07, 6.45) is 1.50. The number of para-hydroxylation sites is 1. The first-order chi connectivity index (χ1) is 14.9. The van der Waals surface area contributed by atoms with E-state index < -0.39 is 22.4 Å². The molecule has 1 saturated heterocycles. The summed E-state index contributed by atoms with van der Waals surface area (Å²) in [6, 6.07) is 6.01. The third-order valence-corrected chi connectivity index (χ3v) is 5.57. The summed E-state index contributed by atoms with van der Waals surface area (Å²) in [6.45, 7) is 2.33.